The first-order chi connectivity index (χ1) is 5.41. The van der Waals surface area contributed by atoms with Crippen molar-refractivity contribution >= 4 is 0 Å². The second-order valence-electron chi connectivity index (χ2n) is 3.96. The van der Waals surface area contributed by atoms with Gasteiger partial charge in [0.05, 0.1) is 0 Å². The van der Waals surface area contributed by atoms with Crippen molar-refractivity contribution in [1.82, 2.24) is 9.97 Å². The molecule has 0 spiro atoms. The summed E-state index contributed by atoms with van der Waals surface area (Å²) in [7, 11) is 0. The van der Waals surface area contributed by atoms with Crippen molar-refractivity contribution in [3.05, 3.63) is 27.9 Å². The molecule has 0 saturated carbocycles. The number of rotatable bonds is 0. The minimum atomic E-state index is -0.0950. The van der Waals surface area contributed by atoms with E-state index < -0.39 is 0 Å². The molecule has 66 valence electrons. The molecular formula is C9H14N2O. The van der Waals surface area contributed by atoms with Crippen LogP contribution in [0.15, 0.2) is 11.0 Å². The Bertz CT molecular complexity index is 333. The lowest BCUT2D eigenvalue weighted by molar-refractivity contribution is 0.562. The lowest BCUT2D eigenvalue weighted by Crippen LogP contribution is -2.21. The molecule has 0 aliphatic heterocycles. The molecule has 3 heteroatoms. The molecule has 1 rings (SSSR count). The van der Waals surface area contributed by atoms with Crippen LogP contribution in [0.1, 0.15) is 32.2 Å². The topological polar surface area (TPSA) is 45.8 Å². The van der Waals surface area contributed by atoms with Crippen LogP contribution in [0.4, 0.5) is 0 Å². The molecule has 0 unspecified atom stereocenters. The van der Waals surface area contributed by atoms with Gasteiger partial charge in [-0.15, -0.1) is 0 Å². The maximum absolute atomic E-state index is 11.2. The summed E-state index contributed by atoms with van der Waals surface area (Å²) in [6.07, 6.45) is 1.72. The zero-order valence-electron chi connectivity index (χ0n) is 7.93. The quantitative estimate of drug-likeness (QED) is 0.632. The molecule has 12 heavy (non-hydrogen) atoms. The lowest BCUT2D eigenvalue weighted by Gasteiger charge is -2.17. The van der Waals surface area contributed by atoms with Crippen molar-refractivity contribution in [1.29, 1.82) is 0 Å². The number of nitrogens with one attached hydrogen (secondary N) is 1. The van der Waals surface area contributed by atoms with E-state index in [0.717, 1.165) is 5.69 Å². The number of hydrogen-bond donors (Lipinski definition) is 1. The molecule has 0 aliphatic rings. The molecule has 1 heterocycles. The molecule has 1 N–H and O–H groups in total. The van der Waals surface area contributed by atoms with Gasteiger partial charge >= 0.3 is 0 Å². The Morgan fingerprint density at radius 1 is 1.42 bits per heavy atom. The van der Waals surface area contributed by atoms with E-state index in [-0.39, 0.29) is 11.0 Å². The van der Waals surface area contributed by atoms with Gasteiger partial charge in [0.2, 0.25) is 0 Å². The third-order valence-electron chi connectivity index (χ3n) is 1.77. The van der Waals surface area contributed by atoms with E-state index >= 15 is 0 Å². The summed E-state index contributed by atoms with van der Waals surface area (Å²) in [6.45, 7) is 7.81. The van der Waals surface area contributed by atoms with Crippen LogP contribution in [0.2, 0.25) is 0 Å². The zero-order valence-corrected chi connectivity index (χ0v) is 7.93. The van der Waals surface area contributed by atoms with Crippen LogP contribution in [-0.4, -0.2) is 9.97 Å². The van der Waals surface area contributed by atoms with Crippen LogP contribution in [0, 0.1) is 6.92 Å². The first kappa shape index (κ1) is 8.97. The standard InChI is InChI=1S/C9H14N2O/c1-6-8(12)11-7(5-10-6)9(2,3)4/h5H,1-4H3,(H,11,12). The molecule has 3 nitrogen and oxygen atoms in total. The molecule has 0 saturated heterocycles. The van der Waals surface area contributed by atoms with Gasteiger partial charge in [0.1, 0.15) is 5.69 Å². The van der Waals surface area contributed by atoms with E-state index in [2.05, 4.69) is 9.97 Å². The Hall–Kier alpha value is -1.12. The lowest BCUT2D eigenvalue weighted by atomic mass is 9.93. The van der Waals surface area contributed by atoms with Crippen molar-refractivity contribution in [3.63, 3.8) is 0 Å². The van der Waals surface area contributed by atoms with Crippen LogP contribution in [0.5, 0.6) is 0 Å². The van der Waals surface area contributed by atoms with Gasteiger partial charge in [-0.25, -0.2) is 0 Å². The van der Waals surface area contributed by atoms with Gasteiger partial charge in [0.15, 0.2) is 0 Å². The molecule has 1 aromatic rings. The molecule has 0 aromatic carbocycles. The highest BCUT2D eigenvalue weighted by molar-refractivity contribution is 5.10. The number of aromatic amines is 1. The van der Waals surface area contributed by atoms with E-state index in [9.17, 15) is 4.79 Å². The Morgan fingerprint density at radius 3 is 2.42 bits per heavy atom. The molecular weight excluding hydrogens is 152 g/mol. The van der Waals surface area contributed by atoms with Gasteiger partial charge in [0, 0.05) is 17.3 Å². The van der Waals surface area contributed by atoms with E-state index in [1.165, 1.54) is 0 Å². The molecule has 0 radical (unpaired) electrons. The van der Waals surface area contributed by atoms with Crippen LogP contribution in [0.3, 0.4) is 0 Å². The summed E-state index contributed by atoms with van der Waals surface area (Å²) in [5, 5.41) is 0. The highest BCUT2D eigenvalue weighted by Crippen LogP contribution is 2.17. The van der Waals surface area contributed by atoms with Gasteiger partial charge in [-0.05, 0) is 6.92 Å². The first-order valence-electron chi connectivity index (χ1n) is 3.97. The fourth-order valence-electron chi connectivity index (χ4n) is 0.846. The average Bonchev–Trinajstić information content (AvgIpc) is 1.92. The van der Waals surface area contributed by atoms with Gasteiger partial charge in [-0.3, -0.25) is 9.78 Å². The van der Waals surface area contributed by atoms with Crippen molar-refractivity contribution in [3.8, 4) is 0 Å². The predicted molar refractivity (Wildman–Crippen MR) is 48.3 cm³/mol. The first-order valence-corrected chi connectivity index (χ1v) is 3.97. The Kier molecular flexibility index (Phi) is 2.04. The minimum absolute atomic E-state index is 0.0418. The third kappa shape index (κ3) is 1.72. The van der Waals surface area contributed by atoms with E-state index in [1.54, 1.807) is 13.1 Å². The van der Waals surface area contributed by atoms with Crippen molar-refractivity contribution in [2.45, 2.75) is 33.1 Å². The maximum Gasteiger partial charge on any atom is 0.269 e. The van der Waals surface area contributed by atoms with Crippen molar-refractivity contribution < 1.29 is 0 Å². The molecule has 0 atom stereocenters. The highest BCUT2D eigenvalue weighted by atomic mass is 16.1. The van der Waals surface area contributed by atoms with Gasteiger partial charge < -0.3 is 4.98 Å². The summed E-state index contributed by atoms with van der Waals surface area (Å²) in [5.74, 6) is 0. The second-order valence-corrected chi connectivity index (χ2v) is 3.96. The van der Waals surface area contributed by atoms with Crippen LogP contribution < -0.4 is 5.56 Å². The normalized spacial score (nSPS) is 11.7. The summed E-state index contributed by atoms with van der Waals surface area (Å²) in [4.78, 5) is 18.0. The number of aromatic nitrogens is 2. The fourth-order valence-corrected chi connectivity index (χ4v) is 0.846. The Morgan fingerprint density at radius 2 is 2.00 bits per heavy atom. The molecule has 0 fully saturated rings. The van der Waals surface area contributed by atoms with E-state index in [0.29, 0.717) is 5.69 Å². The summed E-state index contributed by atoms with van der Waals surface area (Å²) < 4.78 is 0. The number of nitrogens with zero attached hydrogens (tertiary/aromatic N) is 1. The van der Waals surface area contributed by atoms with Crippen LogP contribution in [-0.2, 0) is 5.41 Å². The largest absolute Gasteiger partial charge is 0.323 e. The Balaban J connectivity index is 3.23. The molecule has 0 bridgehead atoms. The zero-order chi connectivity index (χ0) is 9.35. The van der Waals surface area contributed by atoms with E-state index in [1.807, 2.05) is 20.8 Å². The highest BCUT2D eigenvalue weighted by Gasteiger charge is 2.14. The Labute approximate surface area is 71.9 Å². The molecule has 0 aliphatic carbocycles. The van der Waals surface area contributed by atoms with Crippen LogP contribution in [0.25, 0.3) is 0 Å². The summed E-state index contributed by atoms with van der Waals surface area (Å²) >= 11 is 0. The minimum Gasteiger partial charge on any atom is -0.323 e. The third-order valence-corrected chi connectivity index (χ3v) is 1.77. The van der Waals surface area contributed by atoms with Crippen molar-refractivity contribution in [2.75, 3.05) is 0 Å². The van der Waals surface area contributed by atoms with Crippen molar-refractivity contribution in [2.24, 2.45) is 0 Å². The summed E-state index contributed by atoms with van der Waals surface area (Å²) in [6, 6.07) is 0. The van der Waals surface area contributed by atoms with Crippen LogP contribution >= 0.6 is 0 Å². The molecule has 1 aromatic heterocycles. The predicted octanol–water partition coefficient (Wildman–Crippen LogP) is 1.38. The molecule has 0 amide bonds. The summed E-state index contributed by atoms with van der Waals surface area (Å²) in [5.41, 5.74) is 1.25. The number of aryl methyl sites for hydroxylation is 1. The fraction of sp³-hybridized carbons (Fsp3) is 0.556. The number of hydrogen-bond acceptors (Lipinski definition) is 2. The maximum atomic E-state index is 11.2. The smallest absolute Gasteiger partial charge is 0.269 e. The average molecular weight is 166 g/mol. The monoisotopic (exact) mass is 166 g/mol. The van der Waals surface area contributed by atoms with E-state index in [4.69, 9.17) is 0 Å². The van der Waals surface area contributed by atoms with Gasteiger partial charge in [-0.1, -0.05) is 20.8 Å². The van der Waals surface area contributed by atoms with Gasteiger partial charge in [0.25, 0.3) is 5.56 Å². The SMILES string of the molecule is Cc1ncc(C(C)(C)C)[nH]c1=O. The van der Waals surface area contributed by atoms with Gasteiger partial charge in [-0.2, -0.15) is 0 Å². The second kappa shape index (κ2) is 2.73. The number of H-pyrrole nitrogens is 1.